The molecule has 3 rings (SSSR count). The first-order chi connectivity index (χ1) is 12.5. The molecule has 0 aliphatic carbocycles. The molecule has 0 bridgehead atoms. The van der Waals surface area contributed by atoms with E-state index in [2.05, 4.69) is 10.2 Å². The molecule has 1 fully saturated rings. The number of phenolic OH excluding ortho intramolecular Hbond substituents is 1. The summed E-state index contributed by atoms with van der Waals surface area (Å²) >= 11 is 6.16. The van der Waals surface area contributed by atoms with Gasteiger partial charge in [-0.1, -0.05) is 23.7 Å². The third-order valence-electron chi connectivity index (χ3n) is 4.76. The topological polar surface area (TPSA) is 52.6 Å². The maximum Gasteiger partial charge on any atom is 0.253 e. The maximum atomic E-state index is 12.9. The number of piperidine rings is 1. The number of hydrogen-bond donors (Lipinski definition) is 2. The monoisotopic (exact) mass is 372 g/mol. The molecule has 26 heavy (non-hydrogen) atoms. The highest BCUT2D eigenvalue weighted by molar-refractivity contribution is 6.31. The Morgan fingerprint density at radius 3 is 2.54 bits per heavy atom. The predicted molar refractivity (Wildman–Crippen MR) is 106 cm³/mol. The summed E-state index contributed by atoms with van der Waals surface area (Å²) in [5, 5.41) is 13.0. The fraction of sp³-hybridized carbons (Fsp3) is 0.381. The molecule has 5 heteroatoms. The first-order valence-corrected chi connectivity index (χ1v) is 9.54. The summed E-state index contributed by atoms with van der Waals surface area (Å²) in [5.74, 6) is 0.148. The van der Waals surface area contributed by atoms with Crippen LogP contribution in [-0.2, 0) is 6.42 Å². The van der Waals surface area contributed by atoms with Gasteiger partial charge in [0, 0.05) is 29.8 Å². The van der Waals surface area contributed by atoms with Crippen LogP contribution in [0.4, 0.5) is 5.69 Å². The van der Waals surface area contributed by atoms with Gasteiger partial charge in [-0.25, -0.2) is 0 Å². The van der Waals surface area contributed by atoms with Crippen LogP contribution in [0.2, 0.25) is 5.02 Å². The molecule has 0 saturated carbocycles. The van der Waals surface area contributed by atoms with E-state index in [1.54, 1.807) is 18.2 Å². The van der Waals surface area contributed by atoms with Crippen LogP contribution in [-0.4, -0.2) is 30.1 Å². The zero-order valence-electron chi connectivity index (χ0n) is 15.0. The smallest absolute Gasteiger partial charge is 0.253 e. The highest BCUT2D eigenvalue weighted by Gasteiger charge is 2.20. The van der Waals surface area contributed by atoms with Crippen LogP contribution in [0.15, 0.2) is 42.5 Å². The molecule has 1 atom stereocenters. The van der Waals surface area contributed by atoms with Gasteiger partial charge in [0.15, 0.2) is 0 Å². The second-order valence-electron chi connectivity index (χ2n) is 6.95. The van der Waals surface area contributed by atoms with Crippen molar-refractivity contribution in [2.75, 3.05) is 18.0 Å². The summed E-state index contributed by atoms with van der Waals surface area (Å²) < 4.78 is 0. The Kier molecular flexibility index (Phi) is 6.04. The SMILES string of the molecule is CC(Cc1ccc(O)cc1)NC(=O)c1cc(Cl)ccc1N1CCCCC1. The summed E-state index contributed by atoms with van der Waals surface area (Å²) in [4.78, 5) is 15.2. The third-order valence-corrected chi connectivity index (χ3v) is 4.99. The molecular formula is C21H25ClN2O2. The number of nitrogens with zero attached hydrogens (tertiary/aromatic N) is 1. The Balaban J connectivity index is 1.72. The number of rotatable bonds is 5. The molecular weight excluding hydrogens is 348 g/mol. The van der Waals surface area contributed by atoms with E-state index < -0.39 is 0 Å². The van der Waals surface area contributed by atoms with Crippen molar-refractivity contribution in [2.24, 2.45) is 0 Å². The lowest BCUT2D eigenvalue weighted by molar-refractivity contribution is 0.0940. The van der Waals surface area contributed by atoms with Gasteiger partial charge in [0.2, 0.25) is 0 Å². The Labute approximate surface area is 159 Å². The van der Waals surface area contributed by atoms with Gasteiger partial charge in [0.1, 0.15) is 5.75 Å². The fourth-order valence-electron chi connectivity index (χ4n) is 3.44. The molecule has 2 aromatic rings. The average Bonchev–Trinajstić information content (AvgIpc) is 2.64. The van der Waals surface area contributed by atoms with Crippen molar-refractivity contribution in [3.63, 3.8) is 0 Å². The first kappa shape index (κ1) is 18.6. The molecule has 1 heterocycles. The van der Waals surface area contributed by atoms with Crippen molar-refractivity contribution in [3.8, 4) is 5.75 Å². The lowest BCUT2D eigenvalue weighted by Crippen LogP contribution is -2.36. The lowest BCUT2D eigenvalue weighted by atomic mass is 10.0. The molecule has 0 aromatic heterocycles. The van der Waals surface area contributed by atoms with Crippen molar-refractivity contribution < 1.29 is 9.90 Å². The molecule has 2 aromatic carbocycles. The van der Waals surface area contributed by atoms with E-state index in [9.17, 15) is 9.90 Å². The maximum absolute atomic E-state index is 12.9. The second-order valence-corrected chi connectivity index (χ2v) is 7.39. The van der Waals surface area contributed by atoms with Gasteiger partial charge >= 0.3 is 0 Å². The number of nitrogens with one attached hydrogen (secondary N) is 1. The van der Waals surface area contributed by atoms with E-state index in [-0.39, 0.29) is 17.7 Å². The summed E-state index contributed by atoms with van der Waals surface area (Å²) in [7, 11) is 0. The van der Waals surface area contributed by atoms with Crippen LogP contribution in [0.5, 0.6) is 5.75 Å². The van der Waals surface area contributed by atoms with E-state index in [0.717, 1.165) is 37.2 Å². The van der Waals surface area contributed by atoms with Gasteiger partial charge in [0.05, 0.1) is 5.56 Å². The number of carbonyl (C=O) groups excluding carboxylic acids is 1. The minimum Gasteiger partial charge on any atom is -0.508 e. The molecule has 1 saturated heterocycles. The summed E-state index contributed by atoms with van der Waals surface area (Å²) in [6, 6.07) is 12.6. The van der Waals surface area contributed by atoms with Crippen LogP contribution in [0.1, 0.15) is 42.1 Å². The van der Waals surface area contributed by atoms with E-state index in [4.69, 9.17) is 11.6 Å². The van der Waals surface area contributed by atoms with E-state index >= 15 is 0 Å². The molecule has 0 radical (unpaired) electrons. The predicted octanol–water partition coefficient (Wildman–Crippen LogP) is 4.40. The van der Waals surface area contributed by atoms with Crippen molar-refractivity contribution in [1.82, 2.24) is 5.32 Å². The molecule has 1 amide bonds. The molecule has 4 nitrogen and oxygen atoms in total. The fourth-order valence-corrected chi connectivity index (χ4v) is 3.61. The quantitative estimate of drug-likeness (QED) is 0.818. The number of aromatic hydroxyl groups is 1. The zero-order chi connectivity index (χ0) is 18.5. The molecule has 1 aliphatic rings. The van der Waals surface area contributed by atoms with Gasteiger partial charge in [-0.2, -0.15) is 0 Å². The van der Waals surface area contributed by atoms with Crippen LogP contribution in [0, 0.1) is 0 Å². The molecule has 0 spiro atoms. The standard InChI is InChI=1S/C21H25ClN2O2/c1-15(13-16-5-8-18(25)9-6-16)23-21(26)19-14-17(22)7-10-20(19)24-11-3-2-4-12-24/h5-10,14-15,25H,2-4,11-13H2,1H3,(H,23,26). The van der Waals surface area contributed by atoms with E-state index in [1.807, 2.05) is 31.2 Å². The Morgan fingerprint density at radius 1 is 1.15 bits per heavy atom. The highest BCUT2D eigenvalue weighted by Crippen LogP contribution is 2.27. The second kappa shape index (κ2) is 8.45. The highest BCUT2D eigenvalue weighted by atomic mass is 35.5. The van der Waals surface area contributed by atoms with Gasteiger partial charge < -0.3 is 15.3 Å². The van der Waals surface area contributed by atoms with Crippen LogP contribution >= 0.6 is 11.6 Å². The number of amides is 1. The zero-order valence-corrected chi connectivity index (χ0v) is 15.8. The number of hydrogen-bond acceptors (Lipinski definition) is 3. The normalized spacial score (nSPS) is 15.5. The van der Waals surface area contributed by atoms with Crippen molar-refractivity contribution in [2.45, 2.75) is 38.6 Å². The molecule has 2 N–H and O–H groups in total. The van der Waals surface area contributed by atoms with Crippen molar-refractivity contribution in [3.05, 3.63) is 58.6 Å². The third kappa shape index (κ3) is 4.70. The summed E-state index contributed by atoms with van der Waals surface area (Å²) in [6.07, 6.45) is 4.25. The number of phenols is 1. The molecule has 1 unspecified atom stereocenters. The minimum atomic E-state index is -0.0978. The minimum absolute atomic E-state index is 0.0276. The van der Waals surface area contributed by atoms with Crippen LogP contribution in [0.25, 0.3) is 0 Å². The number of benzene rings is 2. The van der Waals surface area contributed by atoms with Crippen molar-refractivity contribution in [1.29, 1.82) is 0 Å². The molecule has 138 valence electrons. The van der Waals surface area contributed by atoms with Gasteiger partial charge in [-0.3, -0.25) is 4.79 Å². The molecule has 1 aliphatic heterocycles. The van der Waals surface area contributed by atoms with E-state index in [1.165, 1.54) is 6.42 Å². The average molecular weight is 373 g/mol. The Hall–Kier alpha value is -2.20. The largest absolute Gasteiger partial charge is 0.508 e. The van der Waals surface area contributed by atoms with Gasteiger partial charge in [-0.05, 0) is 68.5 Å². The van der Waals surface area contributed by atoms with Gasteiger partial charge in [0.25, 0.3) is 5.91 Å². The number of halogens is 1. The van der Waals surface area contributed by atoms with Crippen molar-refractivity contribution >= 4 is 23.2 Å². The Bertz CT molecular complexity index is 755. The lowest BCUT2D eigenvalue weighted by Gasteiger charge is -2.30. The van der Waals surface area contributed by atoms with E-state index in [0.29, 0.717) is 17.0 Å². The van der Waals surface area contributed by atoms with Crippen LogP contribution < -0.4 is 10.2 Å². The summed E-state index contributed by atoms with van der Waals surface area (Å²) in [5.41, 5.74) is 2.67. The van der Waals surface area contributed by atoms with Gasteiger partial charge in [-0.15, -0.1) is 0 Å². The Morgan fingerprint density at radius 2 is 1.85 bits per heavy atom. The summed E-state index contributed by atoms with van der Waals surface area (Å²) in [6.45, 7) is 3.94. The number of carbonyl (C=O) groups is 1. The number of anilines is 1. The first-order valence-electron chi connectivity index (χ1n) is 9.16. The van der Waals surface area contributed by atoms with Crippen LogP contribution in [0.3, 0.4) is 0 Å².